The van der Waals surface area contributed by atoms with E-state index in [1.807, 2.05) is 26.1 Å². The van der Waals surface area contributed by atoms with Crippen molar-refractivity contribution in [2.75, 3.05) is 19.4 Å². The lowest BCUT2D eigenvalue weighted by Crippen LogP contribution is -2.40. The second kappa shape index (κ2) is 5.03. The van der Waals surface area contributed by atoms with Crippen LogP contribution in [-0.4, -0.2) is 41.6 Å². The molecule has 2 aromatic heterocycles. The number of carbonyl (C=O) groups is 1. The van der Waals surface area contributed by atoms with E-state index >= 15 is 0 Å². The van der Waals surface area contributed by atoms with Gasteiger partial charge >= 0.3 is 0 Å². The van der Waals surface area contributed by atoms with E-state index in [9.17, 15) is 4.79 Å². The lowest BCUT2D eigenvalue weighted by Gasteiger charge is -2.26. The maximum absolute atomic E-state index is 12.6. The topological polar surface area (TPSA) is 68.5 Å². The predicted molar refractivity (Wildman–Crippen MR) is 79.9 cm³/mol. The van der Waals surface area contributed by atoms with Crippen molar-refractivity contribution >= 4 is 33.1 Å². The van der Waals surface area contributed by atoms with E-state index in [-0.39, 0.29) is 18.1 Å². The fourth-order valence-corrected chi connectivity index (χ4v) is 3.71. The zero-order valence-corrected chi connectivity index (χ0v) is 12.3. The molecule has 2 N–H and O–H groups in total. The number of amides is 1. The normalized spacial score (nSPS) is 22.3. The van der Waals surface area contributed by atoms with Gasteiger partial charge in [0.15, 0.2) is 0 Å². The summed E-state index contributed by atoms with van der Waals surface area (Å²) < 4.78 is 6.47. The molecule has 5 nitrogen and oxygen atoms in total. The SMILES string of the molecule is CC1OCCC1N(C)C(=O)c1sc2cccnc2c1N. The van der Waals surface area contributed by atoms with Gasteiger partial charge in [0.25, 0.3) is 5.91 Å². The summed E-state index contributed by atoms with van der Waals surface area (Å²) in [6.07, 6.45) is 2.63. The van der Waals surface area contributed by atoms with Crippen LogP contribution in [0.3, 0.4) is 0 Å². The fourth-order valence-electron chi connectivity index (χ4n) is 2.65. The number of thiophene rings is 1. The number of rotatable bonds is 2. The molecule has 1 aliphatic rings. The van der Waals surface area contributed by atoms with Gasteiger partial charge in [-0.05, 0) is 25.5 Å². The summed E-state index contributed by atoms with van der Waals surface area (Å²) in [5, 5.41) is 0. The molecule has 6 heteroatoms. The van der Waals surface area contributed by atoms with Crippen LogP contribution in [0, 0.1) is 0 Å². The minimum absolute atomic E-state index is 0.0483. The van der Waals surface area contributed by atoms with Crippen molar-refractivity contribution in [3.05, 3.63) is 23.2 Å². The third-order valence-corrected chi connectivity index (χ3v) is 4.98. The largest absolute Gasteiger partial charge is 0.396 e. The Kier molecular flexibility index (Phi) is 3.35. The van der Waals surface area contributed by atoms with E-state index in [1.54, 1.807) is 11.1 Å². The van der Waals surface area contributed by atoms with Gasteiger partial charge in [-0.1, -0.05) is 0 Å². The molecule has 2 unspecified atom stereocenters. The number of nitrogens with zero attached hydrogens (tertiary/aromatic N) is 2. The van der Waals surface area contributed by atoms with Crippen molar-refractivity contribution in [3.63, 3.8) is 0 Å². The molecule has 1 saturated heterocycles. The van der Waals surface area contributed by atoms with Crippen molar-refractivity contribution < 1.29 is 9.53 Å². The lowest BCUT2D eigenvalue weighted by molar-refractivity contribution is 0.0579. The first-order valence-corrected chi connectivity index (χ1v) is 7.43. The summed E-state index contributed by atoms with van der Waals surface area (Å²) in [7, 11) is 1.81. The Morgan fingerprint density at radius 2 is 2.40 bits per heavy atom. The molecule has 2 atom stereocenters. The van der Waals surface area contributed by atoms with Crippen molar-refractivity contribution in [1.82, 2.24) is 9.88 Å². The van der Waals surface area contributed by atoms with Crippen molar-refractivity contribution in [3.8, 4) is 0 Å². The summed E-state index contributed by atoms with van der Waals surface area (Å²) in [4.78, 5) is 19.2. The van der Waals surface area contributed by atoms with E-state index in [4.69, 9.17) is 10.5 Å². The average Bonchev–Trinajstić information content (AvgIpc) is 3.02. The number of pyridine rings is 1. The maximum Gasteiger partial charge on any atom is 0.266 e. The first-order valence-electron chi connectivity index (χ1n) is 6.61. The van der Waals surface area contributed by atoms with Crippen LogP contribution in [0.25, 0.3) is 10.2 Å². The lowest BCUT2D eigenvalue weighted by atomic mass is 10.1. The highest BCUT2D eigenvalue weighted by Gasteiger charge is 2.32. The molecule has 3 rings (SSSR count). The van der Waals surface area contributed by atoms with Crippen LogP contribution in [0.1, 0.15) is 23.0 Å². The van der Waals surface area contributed by atoms with Gasteiger partial charge in [0.1, 0.15) is 10.4 Å². The van der Waals surface area contributed by atoms with E-state index in [2.05, 4.69) is 4.98 Å². The number of likely N-dealkylation sites (N-methyl/N-ethyl adjacent to an activating group) is 1. The van der Waals surface area contributed by atoms with E-state index in [0.717, 1.165) is 11.1 Å². The number of ether oxygens (including phenoxy) is 1. The third-order valence-electron chi connectivity index (χ3n) is 3.83. The summed E-state index contributed by atoms with van der Waals surface area (Å²) in [6, 6.07) is 3.89. The number of nitrogens with two attached hydrogens (primary N) is 1. The Morgan fingerprint density at radius 3 is 3.05 bits per heavy atom. The average molecular weight is 291 g/mol. The molecular weight excluding hydrogens is 274 g/mol. The van der Waals surface area contributed by atoms with Gasteiger partial charge in [-0.25, -0.2) is 0 Å². The van der Waals surface area contributed by atoms with Crippen molar-refractivity contribution in [2.24, 2.45) is 0 Å². The van der Waals surface area contributed by atoms with E-state index in [0.29, 0.717) is 22.7 Å². The monoisotopic (exact) mass is 291 g/mol. The maximum atomic E-state index is 12.6. The number of carbonyl (C=O) groups excluding carboxylic acids is 1. The summed E-state index contributed by atoms with van der Waals surface area (Å²) in [5.41, 5.74) is 7.27. The fraction of sp³-hybridized carbons (Fsp3) is 0.429. The highest BCUT2D eigenvalue weighted by molar-refractivity contribution is 7.21. The van der Waals surface area contributed by atoms with E-state index < -0.39 is 0 Å². The molecule has 1 amide bonds. The molecule has 1 fully saturated rings. The van der Waals surface area contributed by atoms with Crippen LogP contribution < -0.4 is 5.73 Å². The second-order valence-electron chi connectivity index (χ2n) is 5.04. The molecule has 1 aliphatic heterocycles. The second-order valence-corrected chi connectivity index (χ2v) is 6.10. The molecule has 0 radical (unpaired) electrons. The molecular formula is C14H17N3O2S. The zero-order chi connectivity index (χ0) is 14.3. The third kappa shape index (κ3) is 2.05. The number of aromatic nitrogens is 1. The van der Waals surface area contributed by atoms with Gasteiger partial charge < -0.3 is 15.4 Å². The Labute approximate surface area is 121 Å². The van der Waals surface area contributed by atoms with Gasteiger partial charge in [-0.2, -0.15) is 0 Å². The van der Waals surface area contributed by atoms with Gasteiger partial charge in [0.05, 0.1) is 22.5 Å². The summed E-state index contributed by atoms with van der Waals surface area (Å²) >= 11 is 1.40. The molecule has 0 aliphatic carbocycles. The van der Waals surface area contributed by atoms with Crippen molar-refractivity contribution in [2.45, 2.75) is 25.5 Å². The minimum atomic E-state index is -0.0483. The van der Waals surface area contributed by atoms with Crippen LogP contribution in [-0.2, 0) is 4.74 Å². The van der Waals surface area contributed by atoms with Crippen molar-refractivity contribution in [1.29, 1.82) is 0 Å². The molecule has 20 heavy (non-hydrogen) atoms. The molecule has 2 aromatic rings. The van der Waals surface area contributed by atoms with Crippen LogP contribution in [0.5, 0.6) is 0 Å². The Morgan fingerprint density at radius 1 is 1.60 bits per heavy atom. The van der Waals surface area contributed by atoms with Crippen LogP contribution >= 0.6 is 11.3 Å². The molecule has 0 aromatic carbocycles. The van der Waals surface area contributed by atoms with Crippen LogP contribution in [0.15, 0.2) is 18.3 Å². The van der Waals surface area contributed by atoms with Gasteiger partial charge in [-0.15, -0.1) is 11.3 Å². The quantitative estimate of drug-likeness (QED) is 0.920. The number of anilines is 1. The van der Waals surface area contributed by atoms with Gasteiger partial charge in [0, 0.05) is 19.9 Å². The number of hydrogen-bond donors (Lipinski definition) is 1. The van der Waals surface area contributed by atoms with Gasteiger partial charge in [0.2, 0.25) is 0 Å². The summed E-state index contributed by atoms with van der Waals surface area (Å²) in [6.45, 7) is 2.70. The van der Waals surface area contributed by atoms with Crippen LogP contribution in [0.2, 0.25) is 0 Å². The smallest absolute Gasteiger partial charge is 0.266 e. The van der Waals surface area contributed by atoms with Gasteiger partial charge in [-0.3, -0.25) is 9.78 Å². The summed E-state index contributed by atoms with van der Waals surface area (Å²) in [5.74, 6) is -0.0483. The molecule has 0 saturated carbocycles. The number of hydrogen-bond acceptors (Lipinski definition) is 5. The first-order chi connectivity index (χ1) is 9.59. The molecule has 3 heterocycles. The predicted octanol–water partition coefficient (Wildman–Crippen LogP) is 2.13. The zero-order valence-electron chi connectivity index (χ0n) is 11.5. The van der Waals surface area contributed by atoms with E-state index in [1.165, 1.54) is 11.3 Å². The highest BCUT2D eigenvalue weighted by Crippen LogP contribution is 2.33. The number of nitrogen functional groups attached to an aromatic ring is 1. The number of fused-ring (bicyclic) bond motifs is 1. The molecule has 106 valence electrons. The minimum Gasteiger partial charge on any atom is -0.396 e. The highest BCUT2D eigenvalue weighted by atomic mass is 32.1. The first kappa shape index (κ1) is 13.3. The standard InChI is InChI=1S/C14H17N3O2S/c1-8-9(5-7-19-8)17(2)14(18)13-11(15)12-10(20-13)4-3-6-16-12/h3-4,6,8-9H,5,7,15H2,1-2H3. The Bertz CT molecular complexity index is 655. The van der Waals surface area contributed by atoms with Crippen LogP contribution in [0.4, 0.5) is 5.69 Å². The molecule has 0 bridgehead atoms. The Hall–Kier alpha value is -1.66. The molecule has 0 spiro atoms. The Balaban J connectivity index is 1.94.